The molecule has 0 radical (unpaired) electrons. The van der Waals surface area contributed by atoms with Crippen LogP contribution in [-0.2, 0) is 14.3 Å². The van der Waals surface area contributed by atoms with Crippen LogP contribution in [0.5, 0.6) is 0 Å². The van der Waals surface area contributed by atoms with Gasteiger partial charge in [0.2, 0.25) is 5.91 Å². The smallest absolute Gasteiger partial charge is 0.407 e. The molecule has 2 unspecified atom stereocenters. The Balaban J connectivity index is 1.23. The summed E-state index contributed by atoms with van der Waals surface area (Å²) in [6.45, 7) is 2.42. The first-order valence-corrected chi connectivity index (χ1v) is 12.0. The fourth-order valence-electron chi connectivity index (χ4n) is 4.93. The Morgan fingerprint density at radius 2 is 1.62 bits per heavy atom. The number of aliphatic carboxylic acids is 1. The molecule has 34 heavy (non-hydrogen) atoms. The fraction of sp³-hybridized carbons (Fsp3) is 0.444. The summed E-state index contributed by atoms with van der Waals surface area (Å²) in [5, 5.41) is 14.8. The molecule has 2 amide bonds. The molecule has 3 N–H and O–H groups in total. The van der Waals surface area contributed by atoms with Crippen molar-refractivity contribution in [2.24, 2.45) is 11.8 Å². The molecule has 0 saturated heterocycles. The lowest BCUT2D eigenvalue weighted by atomic mass is 9.78. The Bertz CT molecular complexity index is 1000. The summed E-state index contributed by atoms with van der Waals surface area (Å²) in [6, 6.07) is 16.0. The lowest BCUT2D eigenvalue weighted by molar-refractivity contribution is -0.138. The first-order valence-electron chi connectivity index (χ1n) is 12.0. The quantitative estimate of drug-likeness (QED) is 0.486. The van der Waals surface area contributed by atoms with Gasteiger partial charge < -0.3 is 20.5 Å². The number of hydrogen-bond donors (Lipinski definition) is 3. The Labute approximate surface area is 199 Å². The number of carboxylic acids is 1. The number of alkyl carbamates (subject to hydrolysis) is 1. The molecule has 4 rings (SSSR count). The van der Waals surface area contributed by atoms with Crippen LogP contribution in [0.25, 0.3) is 11.1 Å². The molecule has 1 saturated carbocycles. The molecule has 0 aromatic heterocycles. The number of hydrogen-bond acceptors (Lipinski definition) is 4. The van der Waals surface area contributed by atoms with Crippen LogP contribution in [0.4, 0.5) is 4.79 Å². The van der Waals surface area contributed by atoms with Gasteiger partial charge >= 0.3 is 12.1 Å². The van der Waals surface area contributed by atoms with E-state index in [1.807, 2.05) is 31.2 Å². The van der Waals surface area contributed by atoms with Gasteiger partial charge in [0, 0.05) is 24.9 Å². The van der Waals surface area contributed by atoms with Crippen molar-refractivity contribution >= 4 is 18.0 Å². The zero-order valence-electron chi connectivity index (χ0n) is 19.5. The van der Waals surface area contributed by atoms with E-state index in [1.165, 1.54) is 11.1 Å². The second kappa shape index (κ2) is 10.7. The molecule has 0 spiro atoms. The van der Waals surface area contributed by atoms with E-state index in [0.29, 0.717) is 6.54 Å². The SMILES string of the molecule is CC(CNC(=O)OCC1c2ccccc2-c2ccccc21)CC(=O)NC(CC(=O)O)C1CCC1. The summed E-state index contributed by atoms with van der Waals surface area (Å²) < 4.78 is 5.54. The molecule has 2 atom stereocenters. The van der Waals surface area contributed by atoms with Crippen molar-refractivity contribution < 1.29 is 24.2 Å². The van der Waals surface area contributed by atoms with Gasteiger partial charge in [0.05, 0.1) is 6.42 Å². The zero-order valence-corrected chi connectivity index (χ0v) is 19.5. The number of benzene rings is 2. The van der Waals surface area contributed by atoms with E-state index in [1.54, 1.807) is 0 Å². The summed E-state index contributed by atoms with van der Waals surface area (Å²) in [7, 11) is 0. The average Bonchev–Trinajstić information content (AvgIpc) is 3.08. The van der Waals surface area contributed by atoms with E-state index >= 15 is 0 Å². The van der Waals surface area contributed by atoms with Crippen molar-refractivity contribution in [3.63, 3.8) is 0 Å². The van der Waals surface area contributed by atoms with Gasteiger partial charge in [0.15, 0.2) is 0 Å². The fourth-order valence-corrected chi connectivity index (χ4v) is 4.93. The van der Waals surface area contributed by atoms with Crippen molar-refractivity contribution in [2.45, 2.75) is 51.0 Å². The van der Waals surface area contributed by atoms with Crippen LogP contribution in [0.3, 0.4) is 0 Å². The first-order chi connectivity index (χ1) is 16.4. The second-order valence-corrected chi connectivity index (χ2v) is 9.48. The van der Waals surface area contributed by atoms with Crippen molar-refractivity contribution in [1.29, 1.82) is 0 Å². The Morgan fingerprint density at radius 1 is 1.00 bits per heavy atom. The second-order valence-electron chi connectivity index (χ2n) is 9.48. The minimum absolute atomic E-state index is 0.000902. The zero-order chi connectivity index (χ0) is 24.1. The topological polar surface area (TPSA) is 105 Å². The van der Waals surface area contributed by atoms with Crippen LogP contribution in [0.15, 0.2) is 48.5 Å². The van der Waals surface area contributed by atoms with Gasteiger partial charge in [-0.3, -0.25) is 9.59 Å². The van der Waals surface area contributed by atoms with Crippen LogP contribution < -0.4 is 10.6 Å². The van der Waals surface area contributed by atoms with Gasteiger partial charge in [-0.1, -0.05) is 61.9 Å². The average molecular weight is 465 g/mol. The Kier molecular flexibility index (Phi) is 7.50. The van der Waals surface area contributed by atoms with Crippen molar-refractivity contribution in [1.82, 2.24) is 10.6 Å². The predicted octanol–water partition coefficient (Wildman–Crippen LogP) is 4.31. The molecule has 0 aliphatic heterocycles. The lowest BCUT2D eigenvalue weighted by Gasteiger charge is -2.33. The molecule has 2 aromatic carbocycles. The Morgan fingerprint density at radius 3 is 2.18 bits per heavy atom. The van der Waals surface area contributed by atoms with Gasteiger partial charge in [-0.25, -0.2) is 4.79 Å². The van der Waals surface area contributed by atoms with E-state index in [-0.39, 0.29) is 49.2 Å². The van der Waals surface area contributed by atoms with Gasteiger partial charge in [0.1, 0.15) is 6.61 Å². The molecular formula is C27H32N2O5. The third-order valence-corrected chi connectivity index (χ3v) is 6.93. The highest BCUT2D eigenvalue weighted by atomic mass is 16.5. The van der Waals surface area contributed by atoms with Crippen molar-refractivity contribution in [3.05, 3.63) is 59.7 Å². The third kappa shape index (κ3) is 5.58. The minimum Gasteiger partial charge on any atom is -0.481 e. The number of amides is 2. The number of rotatable bonds is 10. The van der Waals surface area contributed by atoms with Gasteiger partial charge in [-0.05, 0) is 46.9 Å². The summed E-state index contributed by atoms with van der Waals surface area (Å²) in [6.07, 6.45) is 2.65. The number of nitrogens with one attached hydrogen (secondary N) is 2. The van der Waals surface area contributed by atoms with Crippen LogP contribution >= 0.6 is 0 Å². The number of carbonyl (C=O) groups excluding carboxylic acids is 2. The van der Waals surface area contributed by atoms with Gasteiger partial charge in [0.25, 0.3) is 0 Å². The number of fused-ring (bicyclic) bond motifs is 3. The van der Waals surface area contributed by atoms with Gasteiger partial charge in [-0.15, -0.1) is 0 Å². The van der Waals surface area contributed by atoms with Crippen LogP contribution in [0.1, 0.15) is 56.1 Å². The first kappa shape index (κ1) is 23.8. The van der Waals surface area contributed by atoms with Crippen LogP contribution in [0, 0.1) is 11.8 Å². The van der Waals surface area contributed by atoms with Crippen molar-refractivity contribution in [2.75, 3.05) is 13.2 Å². The summed E-state index contributed by atoms with van der Waals surface area (Å²) >= 11 is 0. The van der Waals surface area contributed by atoms with Gasteiger partial charge in [-0.2, -0.15) is 0 Å². The molecular weight excluding hydrogens is 432 g/mol. The maximum Gasteiger partial charge on any atom is 0.407 e. The highest BCUT2D eigenvalue weighted by molar-refractivity contribution is 5.79. The molecule has 0 heterocycles. The molecule has 2 aliphatic carbocycles. The Hall–Kier alpha value is -3.35. The van der Waals surface area contributed by atoms with E-state index < -0.39 is 12.1 Å². The van der Waals surface area contributed by atoms with E-state index in [4.69, 9.17) is 9.84 Å². The van der Waals surface area contributed by atoms with Crippen LogP contribution in [-0.4, -0.2) is 42.3 Å². The summed E-state index contributed by atoms with van der Waals surface area (Å²) in [4.78, 5) is 35.9. The predicted molar refractivity (Wildman–Crippen MR) is 128 cm³/mol. The standard InChI is InChI=1S/C27H32N2O5/c1-17(13-25(30)29-24(14-26(31)32)18-7-6-8-18)15-28-27(33)34-16-23-21-11-4-2-9-19(21)20-10-3-5-12-22(20)23/h2-5,9-12,17-18,23-24H,6-8,13-16H2,1H3,(H,28,33)(H,29,30)(H,31,32). The highest BCUT2D eigenvalue weighted by Crippen LogP contribution is 2.44. The molecule has 1 fully saturated rings. The normalized spacial score (nSPS) is 16.5. The molecule has 7 nitrogen and oxygen atoms in total. The summed E-state index contributed by atoms with van der Waals surface area (Å²) in [5.41, 5.74) is 4.66. The van der Waals surface area contributed by atoms with E-state index in [0.717, 1.165) is 30.4 Å². The third-order valence-electron chi connectivity index (χ3n) is 6.93. The maximum absolute atomic E-state index is 12.4. The monoisotopic (exact) mass is 464 g/mol. The van der Waals surface area contributed by atoms with E-state index in [9.17, 15) is 14.4 Å². The molecule has 180 valence electrons. The number of carboxylic acid groups (broad SMARTS) is 1. The van der Waals surface area contributed by atoms with E-state index in [2.05, 4.69) is 34.9 Å². The van der Waals surface area contributed by atoms with Crippen molar-refractivity contribution in [3.8, 4) is 11.1 Å². The summed E-state index contributed by atoms with van der Waals surface area (Å²) in [5.74, 6) is -0.942. The molecule has 0 bridgehead atoms. The van der Waals surface area contributed by atoms with Crippen LogP contribution in [0.2, 0.25) is 0 Å². The maximum atomic E-state index is 12.4. The minimum atomic E-state index is -0.901. The highest BCUT2D eigenvalue weighted by Gasteiger charge is 2.31. The molecule has 2 aromatic rings. The largest absolute Gasteiger partial charge is 0.481 e. The lowest BCUT2D eigenvalue weighted by Crippen LogP contribution is -2.45. The number of ether oxygens (including phenoxy) is 1. The molecule has 2 aliphatic rings. The molecule has 7 heteroatoms. The number of carbonyl (C=O) groups is 3.